The molecule has 2 aromatic carbocycles. The van der Waals surface area contributed by atoms with Crippen molar-refractivity contribution in [1.29, 1.82) is 0 Å². The summed E-state index contributed by atoms with van der Waals surface area (Å²) in [6.45, 7) is 0.518. The Morgan fingerprint density at radius 2 is 1.89 bits per heavy atom. The summed E-state index contributed by atoms with van der Waals surface area (Å²) in [4.78, 5) is 12.0. The minimum Gasteiger partial charge on any atom is -0.496 e. The van der Waals surface area contributed by atoms with Crippen molar-refractivity contribution in [2.75, 3.05) is 13.7 Å². The number of methoxy groups -OCH3 is 1. The molecule has 1 N–H and O–H groups in total. The van der Waals surface area contributed by atoms with Gasteiger partial charge in [0.15, 0.2) is 0 Å². The average molecular weight is 369 g/mol. The van der Waals surface area contributed by atoms with Gasteiger partial charge in [-0.1, -0.05) is 18.2 Å². The van der Waals surface area contributed by atoms with Gasteiger partial charge in [-0.25, -0.2) is 4.39 Å². The summed E-state index contributed by atoms with van der Waals surface area (Å²) < 4.78 is 23.8. The molecule has 3 rings (SSSR count). The van der Waals surface area contributed by atoms with E-state index in [-0.39, 0.29) is 18.1 Å². The van der Waals surface area contributed by atoms with Gasteiger partial charge >= 0.3 is 0 Å². The van der Waals surface area contributed by atoms with Crippen LogP contribution in [-0.4, -0.2) is 29.8 Å². The molecule has 0 saturated heterocycles. The number of aryl methyl sites for hydroxylation is 1. The molecule has 0 radical (unpaired) electrons. The lowest BCUT2D eigenvalue weighted by atomic mass is 10.1. The number of amides is 1. The van der Waals surface area contributed by atoms with E-state index in [4.69, 9.17) is 9.15 Å². The van der Waals surface area contributed by atoms with Gasteiger partial charge in [0.2, 0.25) is 17.7 Å². The zero-order valence-corrected chi connectivity index (χ0v) is 14.9. The Labute approximate surface area is 156 Å². The lowest BCUT2D eigenvalue weighted by molar-refractivity contribution is -0.121. The van der Waals surface area contributed by atoms with Crippen molar-refractivity contribution in [2.24, 2.45) is 0 Å². The number of carbonyl (C=O) groups is 1. The van der Waals surface area contributed by atoms with Gasteiger partial charge in [0.25, 0.3) is 0 Å². The van der Waals surface area contributed by atoms with Crippen LogP contribution in [0.1, 0.15) is 17.9 Å². The first-order valence-electron chi connectivity index (χ1n) is 8.62. The van der Waals surface area contributed by atoms with E-state index in [1.165, 1.54) is 12.1 Å². The predicted molar refractivity (Wildman–Crippen MR) is 97.7 cm³/mol. The number of hydrogen-bond acceptors (Lipinski definition) is 5. The van der Waals surface area contributed by atoms with E-state index in [0.29, 0.717) is 36.7 Å². The molecular formula is C20H20FN3O3. The molecule has 1 aromatic heterocycles. The molecule has 0 spiro atoms. The van der Waals surface area contributed by atoms with Crippen molar-refractivity contribution in [1.82, 2.24) is 15.5 Å². The number of carbonyl (C=O) groups excluding carboxylic acids is 1. The van der Waals surface area contributed by atoms with Gasteiger partial charge in [-0.3, -0.25) is 4.79 Å². The first-order chi connectivity index (χ1) is 13.2. The summed E-state index contributed by atoms with van der Waals surface area (Å²) in [5.41, 5.74) is 1.68. The molecule has 3 aromatic rings. The van der Waals surface area contributed by atoms with Crippen LogP contribution in [0.25, 0.3) is 11.5 Å². The van der Waals surface area contributed by atoms with Crippen molar-refractivity contribution in [3.05, 3.63) is 65.8 Å². The molecule has 0 aliphatic heterocycles. The van der Waals surface area contributed by atoms with Gasteiger partial charge in [-0.05, 0) is 42.3 Å². The standard InChI is InChI=1S/C20H20FN3O3/c1-26-17-5-3-2-4-14(17)12-13-22-18(25)10-11-19-23-24-20(27-19)15-6-8-16(21)9-7-15/h2-9H,10-13H2,1H3,(H,22,25). The first kappa shape index (κ1) is 18.6. The minimum atomic E-state index is -0.330. The monoisotopic (exact) mass is 369 g/mol. The average Bonchev–Trinajstić information content (AvgIpc) is 3.16. The molecule has 0 atom stereocenters. The molecule has 0 aliphatic carbocycles. The van der Waals surface area contributed by atoms with Crippen LogP contribution in [-0.2, 0) is 17.6 Å². The van der Waals surface area contributed by atoms with E-state index < -0.39 is 0 Å². The van der Waals surface area contributed by atoms with Gasteiger partial charge in [-0.15, -0.1) is 10.2 Å². The van der Waals surface area contributed by atoms with Crippen LogP contribution < -0.4 is 10.1 Å². The summed E-state index contributed by atoms with van der Waals surface area (Å²) in [6.07, 6.45) is 1.27. The van der Waals surface area contributed by atoms with Crippen molar-refractivity contribution in [3.8, 4) is 17.2 Å². The Bertz CT molecular complexity index is 893. The maximum atomic E-state index is 13.0. The fourth-order valence-corrected chi connectivity index (χ4v) is 2.62. The quantitative estimate of drug-likeness (QED) is 0.660. The van der Waals surface area contributed by atoms with Crippen LogP contribution in [0.2, 0.25) is 0 Å². The normalized spacial score (nSPS) is 10.6. The molecule has 1 heterocycles. The molecular weight excluding hydrogens is 349 g/mol. The van der Waals surface area contributed by atoms with Crippen molar-refractivity contribution in [3.63, 3.8) is 0 Å². The Hall–Kier alpha value is -3.22. The second-order valence-corrected chi connectivity index (χ2v) is 5.92. The number of halogens is 1. The zero-order valence-electron chi connectivity index (χ0n) is 14.9. The lowest BCUT2D eigenvalue weighted by Gasteiger charge is -2.08. The Morgan fingerprint density at radius 1 is 1.11 bits per heavy atom. The summed E-state index contributed by atoms with van der Waals surface area (Å²) in [7, 11) is 1.63. The molecule has 27 heavy (non-hydrogen) atoms. The summed E-state index contributed by atoms with van der Waals surface area (Å²) in [5.74, 6) is 1.07. The van der Waals surface area contributed by atoms with Crippen molar-refractivity contribution >= 4 is 5.91 Å². The topological polar surface area (TPSA) is 77.2 Å². The number of nitrogens with one attached hydrogen (secondary N) is 1. The number of ether oxygens (including phenoxy) is 1. The largest absolute Gasteiger partial charge is 0.496 e. The highest BCUT2D eigenvalue weighted by Crippen LogP contribution is 2.19. The van der Waals surface area contributed by atoms with Crippen LogP contribution in [0.3, 0.4) is 0 Å². The van der Waals surface area contributed by atoms with E-state index in [1.54, 1.807) is 19.2 Å². The third-order valence-electron chi connectivity index (χ3n) is 4.03. The number of benzene rings is 2. The summed E-state index contributed by atoms with van der Waals surface area (Å²) in [5, 5.41) is 10.7. The number of hydrogen-bond donors (Lipinski definition) is 1. The predicted octanol–water partition coefficient (Wildman–Crippen LogP) is 3.18. The molecule has 0 bridgehead atoms. The number of nitrogens with zero attached hydrogens (tertiary/aromatic N) is 2. The van der Waals surface area contributed by atoms with Crippen LogP contribution in [0.15, 0.2) is 52.9 Å². The lowest BCUT2D eigenvalue weighted by Crippen LogP contribution is -2.26. The molecule has 0 unspecified atom stereocenters. The smallest absolute Gasteiger partial charge is 0.247 e. The van der Waals surface area contributed by atoms with Crippen molar-refractivity contribution < 1.29 is 18.3 Å². The molecule has 0 aliphatic rings. The van der Waals surface area contributed by atoms with E-state index in [1.807, 2.05) is 24.3 Å². The second-order valence-electron chi connectivity index (χ2n) is 5.92. The van der Waals surface area contributed by atoms with E-state index in [0.717, 1.165) is 11.3 Å². The highest BCUT2D eigenvalue weighted by molar-refractivity contribution is 5.76. The van der Waals surface area contributed by atoms with E-state index >= 15 is 0 Å². The van der Waals surface area contributed by atoms with Gasteiger partial charge in [0, 0.05) is 24.9 Å². The second kappa shape index (κ2) is 8.93. The molecule has 0 saturated carbocycles. The van der Waals surface area contributed by atoms with Gasteiger partial charge < -0.3 is 14.5 Å². The maximum absolute atomic E-state index is 13.0. The maximum Gasteiger partial charge on any atom is 0.247 e. The van der Waals surface area contributed by atoms with Crippen molar-refractivity contribution in [2.45, 2.75) is 19.3 Å². The Morgan fingerprint density at radius 3 is 2.67 bits per heavy atom. The summed E-state index contributed by atoms with van der Waals surface area (Å²) >= 11 is 0. The van der Waals surface area contributed by atoms with Crippen LogP contribution >= 0.6 is 0 Å². The fourth-order valence-electron chi connectivity index (χ4n) is 2.62. The molecule has 0 fully saturated rings. The SMILES string of the molecule is COc1ccccc1CCNC(=O)CCc1nnc(-c2ccc(F)cc2)o1. The first-order valence-corrected chi connectivity index (χ1v) is 8.62. The molecule has 1 amide bonds. The van der Waals surface area contributed by atoms with E-state index in [2.05, 4.69) is 15.5 Å². The third kappa shape index (κ3) is 5.13. The highest BCUT2D eigenvalue weighted by Gasteiger charge is 2.11. The van der Waals surface area contributed by atoms with Gasteiger partial charge in [-0.2, -0.15) is 0 Å². The Balaban J connectivity index is 1.45. The molecule has 140 valence electrons. The zero-order chi connectivity index (χ0) is 19.1. The number of rotatable bonds is 8. The highest BCUT2D eigenvalue weighted by atomic mass is 19.1. The van der Waals surface area contributed by atoms with Crippen LogP contribution in [0.5, 0.6) is 5.75 Å². The van der Waals surface area contributed by atoms with E-state index in [9.17, 15) is 9.18 Å². The molecule has 7 heteroatoms. The Kier molecular flexibility index (Phi) is 6.14. The molecule has 6 nitrogen and oxygen atoms in total. The minimum absolute atomic E-state index is 0.0913. The third-order valence-corrected chi connectivity index (χ3v) is 4.03. The number of para-hydroxylation sites is 1. The summed E-state index contributed by atoms with van der Waals surface area (Å²) in [6, 6.07) is 13.5. The van der Waals surface area contributed by atoms with Crippen LogP contribution in [0, 0.1) is 5.82 Å². The fraction of sp³-hybridized carbons (Fsp3) is 0.250. The van der Waals surface area contributed by atoms with Gasteiger partial charge in [0.1, 0.15) is 11.6 Å². The van der Waals surface area contributed by atoms with Crippen LogP contribution in [0.4, 0.5) is 4.39 Å². The number of aromatic nitrogens is 2. The van der Waals surface area contributed by atoms with Gasteiger partial charge in [0.05, 0.1) is 7.11 Å².